The Morgan fingerprint density at radius 3 is 2.59 bits per heavy atom. The number of carbonyl (C=O) groups excluding carboxylic acids is 1. The number of amides is 1. The molecule has 0 aliphatic rings. The van der Waals surface area contributed by atoms with Gasteiger partial charge in [0.25, 0.3) is 5.91 Å². The molecule has 10 heteroatoms. The van der Waals surface area contributed by atoms with Gasteiger partial charge in [0.2, 0.25) is 0 Å². The molecule has 1 amide bonds. The number of rotatable bonds is 9. The number of benzene rings is 1. The second kappa shape index (κ2) is 10.6. The summed E-state index contributed by atoms with van der Waals surface area (Å²) in [6.07, 6.45) is 3.52. The van der Waals surface area contributed by atoms with Crippen molar-refractivity contribution in [2.75, 3.05) is 30.0 Å². The molecule has 2 rings (SSSR count). The van der Waals surface area contributed by atoms with Crippen molar-refractivity contribution in [3.8, 4) is 0 Å². The quantitative estimate of drug-likeness (QED) is 0.173. The standard InChI is InChI=1S/C19H26N8O2/c20-9-13(7-15-8-16(21)26-18(27-23)17(15)22)11-24-10-12-1-3-14(4-2-12)19(29)25-5-6-28/h1-4,8-9,11,28H,5-7,10,20,22-23H2,(H,25,29)(H3,21,26,27). The van der Waals surface area contributed by atoms with Crippen LogP contribution in [0.2, 0.25) is 0 Å². The van der Waals surface area contributed by atoms with Crippen LogP contribution < -0.4 is 33.8 Å². The van der Waals surface area contributed by atoms with Crippen LogP contribution in [0.25, 0.3) is 0 Å². The lowest BCUT2D eigenvalue weighted by Crippen LogP contribution is -2.26. The van der Waals surface area contributed by atoms with Crippen LogP contribution in [0.3, 0.4) is 0 Å². The van der Waals surface area contributed by atoms with Gasteiger partial charge in [0.1, 0.15) is 5.82 Å². The zero-order valence-corrected chi connectivity index (χ0v) is 15.9. The molecule has 29 heavy (non-hydrogen) atoms. The summed E-state index contributed by atoms with van der Waals surface area (Å²) < 4.78 is 0. The predicted octanol–water partition coefficient (Wildman–Crippen LogP) is -0.0902. The maximum atomic E-state index is 11.8. The molecule has 1 heterocycles. The van der Waals surface area contributed by atoms with E-state index in [2.05, 4.69) is 20.7 Å². The lowest BCUT2D eigenvalue weighted by Gasteiger charge is -2.11. The van der Waals surface area contributed by atoms with E-state index in [0.29, 0.717) is 35.9 Å². The first kappa shape index (κ1) is 21.7. The maximum Gasteiger partial charge on any atom is 0.251 e. The molecule has 0 unspecified atom stereocenters. The molecule has 0 atom stereocenters. The third kappa shape index (κ3) is 6.19. The molecule has 0 bridgehead atoms. The Bertz CT molecular complexity index is 894. The van der Waals surface area contributed by atoms with Crippen LogP contribution in [-0.4, -0.2) is 35.4 Å². The molecule has 0 aliphatic carbocycles. The average molecular weight is 398 g/mol. The zero-order chi connectivity index (χ0) is 21.2. The van der Waals surface area contributed by atoms with E-state index in [1.54, 1.807) is 24.4 Å². The van der Waals surface area contributed by atoms with Gasteiger partial charge in [-0.1, -0.05) is 12.1 Å². The van der Waals surface area contributed by atoms with Gasteiger partial charge in [-0.2, -0.15) is 0 Å². The molecule has 2 aromatic rings. The average Bonchev–Trinajstić information content (AvgIpc) is 2.73. The SMILES string of the molecule is NC=C(C=NCc1ccc(C(=O)NCCO)cc1)Cc1cc(N)nc(NN)c1N. The number of aliphatic hydroxyl groups is 1. The van der Waals surface area contributed by atoms with E-state index in [4.69, 9.17) is 28.2 Å². The first-order valence-electron chi connectivity index (χ1n) is 8.88. The minimum atomic E-state index is -0.233. The topological polar surface area (TPSA) is 191 Å². The second-order valence-electron chi connectivity index (χ2n) is 6.18. The van der Waals surface area contributed by atoms with E-state index in [9.17, 15) is 4.79 Å². The third-order valence-corrected chi connectivity index (χ3v) is 4.05. The Kier molecular flexibility index (Phi) is 7.95. The maximum absolute atomic E-state index is 11.8. The second-order valence-corrected chi connectivity index (χ2v) is 6.18. The monoisotopic (exact) mass is 398 g/mol. The Balaban J connectivity index is 2.00. The fourth-order valence-corrected chi connectivity index (χ4v) is 2.56. The highest BCUT2D eigenvalue weighted by Crippen LogP contribution is 2.24. The minimum Gasteiger partial charge on any atom is -0.404 e. The molecule has 11 N–H and O–H groups in total. The molecule has 0 radical (unpaired) electrons. The van der Waals surface area contributed by atoms with E-state index >= 15 is 0 Å². The number of anilines is 3. The van der Waals surface area contributed by atoms with Gasteiger partial charge in [-0.3, -0.25) is 9.79 Å². The van der Waals surface area contributed by atoms with Gasteiger partial charge in [0, 0.05) is 24.7 Å². The van der Waals surface area contributed by atoms with Crippen LogP contribution in [0.15, 0.2) is 47.1 Å². The first-order chi connectivity index (χ1) is 14.0. The van der Waals surface area contributed by atoms with Crippen LogP contribution in [0.5, 0.6) is 0 Å². The molecular weight excluding hydrogens is 372 g/mol. The number of nitrogen functional groups attached to an aromatic ring is 3. The van der Waals surface area contributed by atoms with Gasteiger partial charge in [-0.05, 0) is 41.1 Å². The molecule has 0 aliphatic heterocycles. The van der Waals surface area contributed by atoms with Crippen LogP contribution in [0, 0.1) is 0 Å². The van der Waals surface area contributed by atoms with Crippen molar-refractivity contribution >= 4 is 29.4 Å². The largest absolute Gasteiger partial charge is 0.404 e. The highest BCUT2D eigenvalue weighted by atomic mass is 16.3. The van der Waals surface area contributed by atoms with Gasteiger partial charge < -0.3 is 33.1 Å². The number of aliphatic imine (C=N–C) groups is 1. The Labute approximate surface area is 168 Å². The summed E-state index contributed by atoms with van der Waals surface area (Å²) in [4.78, 5) is 20.2. The zero-order valence-electron chi connectivity index (χ0n) is 15.9. The van der Waals surface area contributed by atoms with Crippen molar-refractivity contribution in [1.82, 2.24) is 10.3 Å². The Morgan fingerprint density at radius 2 is 1.97 bits per heavy atom. The summed E-state index contributed by atoms with van der Waals surface area (Å²) in [6.45, 7) is 0.534. The Morgan fingerprint density at radius 1 is 1.24 bits per heavy atom. The van der Waals surface area contributed by atoms with Crippen molar-refractivity contribution in [2.24, 2.45) is 16.6 Å². The predicted molar refractivity (Wildman–Crippen MR) is 115 cm³/mol. The number of hydrogen-bond donors (Lipinski definition) is 7. The normalized spacial score (nSPS) is 11.6. The number of nitrogens with two attached hydrogens (primary N) is 4. The Hall–Kier alpha value is -3.63. The highest BCUT2D eigenvalue weighted by Gasteiger charge is 2.09. The lowest BCUT2D eigenvalue weighted by molar-refractivity contribution is 0.0945. The summed E-state index contributed by atoms with van der Waals surface area (Å²) in [5, 5.41) is 11.3. The molecule has 0 saturated heterocycles. The summed E-state index contributed by atoms with van der Waals surface area (Å²) >= 11 is 0. The van der Waals surface area contributed by atoms with Gasteiger partial charge in [0.05, 0.1) is 18.8 Å². The summed E-state index contributed by atoms with van der Waals surface area (Å²) in [5.74, 6) is 5.76. The first-order valence-corrected chi connectivity index (χ1v) is 8.88. The van der Waals surface area contributed by atoms with E-state index in [0.717, 1.165) is 16.7 Å². The van der Waals surface area contributed by atoms with E-state index in [-0.39, 0.29) is 19.1 Å². The van der Waals surface area contributed by atoms with Crippen molar-refractivity contribution in [3.63, 3.8) is 0 Å². The highest BCUT2D eigenvalue weighted by molar-refractivity contribution is 5.94. The van der Waals surface area contributed by atoms with Crippen LogP contribution in [0.4, 0.5) is 17.3 Å². The minimum absolute atomic E-state index is 0.0999. The smallest absolute Gasteiger partial charge is 0.251 e. The molecule has 0 spiro atoms. The summed E-state index contributed by atoms with van der Waals surface area (Å²) in [5.41, 5.74) is 23.2. The van der Waals surface area contributed by atoms with Gasteiger partial charge in [-0.25, -0.2) is 10.8 Å². The van der Waals surface area contributed by atoms with E-state index < -0.39 is 0 Å². The fourth-order valence-electron chi connectivity index (χ4n) is 2.56. The molecule has 0 saturated carbocycles. The number of pyridine rings is 1. The number of hydrazine groups is 1. The third-order valence-electron chi connectivity index (χ3n) is 4.05. The number of nitrogens with one attached hydrogen (secondary N) is 2. The molecule has 1 aromatic heterocycles. The molecular formula is C19H26N8O2. The van der Waals surface area contributed by atoms with Crippen molar-refractivity contribution < 1.29 is 9.90 Å². The van der Waals surface area contributed by atoms with Crippen molar-refractivity contribution in [2.45, 2.75) is 13.0 Å². The summed E-state index contributed by atoms with van der Waals surface area (Å²) in [7, 11) is 0. The number of hydrogen-bond acceptors (Lipinski definition) is 9. The van der Waals surface area contributed by atoms with Crippen LogP contribution >= 0.6 is 0 Å². The number of carbonyl (C=O) groups is 1. The van der Waals surface area contributed by atoms with Gasteiger partial charge in [-0.15, -0.1) is 0 Å². The molecule has 1 aromatic carbocycles. The fraction of sp³-hybridized carbons (Fsp3) is 0.211. The number of nitrogens with zero attached hydrogens (tertiary/aromatic N) is 2. The van der Waals surface area contributed by atoms with Crippen molar-refractivity contribution in [1.29, 1.82) is 0 Å². The molecule has 154 valence electrons. The van der Waals surface area contributed by atoms with E-state index in [1.165, 1.54) is 6.20 Å². The summed E-state index contributed by atoms with van der Waals surface area (Å²) in [6, 6.07) is 8.71. The number of aliphatic hydroxyl groups excluding tert-OH is 1. The lowest BCUT2D eigenvalue weighted by atomic mass is 10.1. The van der Waals surface area contributed by atoms with Crippen LogP contribution in [0.1, 0.15) is 21.5 Å². The number of allylic oxidation sites excluding steroid dienone is 1. The van der Waals surface area contributed by atoms with Gasteiger partial charge in [0.15, 0.2) is 5.82 Å². The van der Waals surface area contributed by atoms with E-state index in [1.807, 2.05) is 12.1 Å². The number of aromatic nitrogens is 1. The van der Waals surface area contributed by atoms with Crippen LogP contribution in [-0.2, 0) is 13.0 Å². The van der Waals surface area contributed by atoms with Crippen molar-refractivity contribution in [3.05, 3.63) is 58.8 Å². The molecule has 10 nitrogen and oxygen atoms in total. The van der Waals surface area contributed by atoms with Gasteiger partial charge >= 0.3 is 0 Å². The molecule has 0 fully saturated rings.